The molecular weight excluding hydrogens is 432 g/mol. The minimum atomic E-state index is 0.249. The highest BCUT2D eigenvalue weighted by molar-refractivity contribution is 7.25. The third kappa shape index (κ3) is 2.54. The maximum Gasteiger partial charge on any atom is 0.0807 e. The van der Waals surface area contributed by atoms with Crippen molar-refractivity contribution >= 4 is 31.5 Å². The monoisotopic (exact) mass is 458 g/mol. The fourth-order valence-electron chi connectivity index (χ4n) is 6.68. The zero-order chi connectivity index (χ0) is 22.6. The summed E-state index contributed by atoms with van der Waals surface area (Å²) in [6.07, 6.45) is 9.53. The van der Waals surface area contributed by atoms with Gasteiger partial charge in [0, 0.05) is 39.0 Å². The van der Waals surface area contributed by atoms with Crippen LogP contribution in [0, 0.1) is 0 Å². The van der Waals surface area contributed by atoms with E-state index in [0.717, 1.165) is 6.54 Å². The summed E-state index contributed by atoms with van der Waals surface area (Å²) in [5, 5.41) is 2.78. The maximum absolute atomic E-state index is 2.63. The first-order valence-electron chi connectivity index (χ1n) is 12.3. The van der Waals surface area contributed by atoms with Gasteiger partial charge in [-0.15, -0.1) is 11.3 Å². The summed E-state index contributed by atoms with van der Waals surface area (Å²) in [5.74, 6) is 0. The Bertz CT molecular complexity index is 1600. The molecule has 5 atom stereocenters. The predicted molar refractivity (Wildman–Crippen MR) is 142 cm³/mol. The molecule has 1 saturated heterocycles. The lowest BCUT2D eigenvalue weighted by molar-refractivity contribution is 0.301. The average Bonchev–Trinajstić information content (AvgIpc) is 3.13. The smallest absolute Gasteiger partial charge is 0.0807 e. The fourth-order valence-corrected chi connectivity index (χ4v) is 7.82. The summed E-state index contributed by atoms with van der Waals surface area (Å²) in [7, 11) is 0. The zero-order valence-electron chi connectivity index (χ0n) is 19.4. The van der Waals surface area contributed by atoms with Crippen molar-refractivity contribution in [1.82, 2.24) is 9.80 Å². The Morgan fingerprint density at radius 3 is 2.47 bits per heavy atom. The minimum absolute atomic E-state index is 0.249. The molecule has 4 aliphatic rings. The largest absolute Gasteiger partial charge is 0.356 e. The predicted octanol–water partition coefficient (Wildman–Crippen LogP) is 7.66. The first kappa shape index (κ1) is 19.2. The van der Waals surface area contributed by atoms with Crippen LogP contribution >= 0.6 is 11.3 Å². The van der Waals surface area contributed by atoms with Crippen LogP contribution in [-0.2, 0) is 0 Å². The molecule has 166 valence electrons. The summed E-state index contributed by atoms with van der Waals surface area (Å²) < 4.78 is 2.78. The zero-order valence-corrected chi connectivity index (χ0v) is 20.2. The Hall–Kier alpha value is -3.14. The molecule has 8 rings (SSSR count). The standard InChI is InChI=1S/C31H26N2S/c1-18-11-12-32-26(13-18)23-15-24-20-7-5-6-10-28(20)34-29(24)16-25(23)30(32)21-8-3-4-9-22(21)31-27-14-19(2)17-33(27)31/h3-16,26-27,30-31H,17H2,1-2H3/t26?,27?,30-,31?,33?/m1/s1. The maximum atomic E-state index is 2.63. The van der Waals surface area contributed by atoms with Gasteiger partial charge in [-0.2, -0.15) is 0 Å². The highest BCUT2D eigenvalue weighted by Gasteiger charge is 2.51. The van der Waals surface area contributed by atoms with E-state index in [-0.39, 0.29) is 6.04 Å². The number of thiophene rings is 1. The van der Waals surface area contributed by atoms with Gasteiger partial charge in [0.25, 0.3) is 0 Å². The highest BCUT2D eigenvalue weighted by atomic mass is 32.1. The number of benzene rings is 3. The van der Waals surface area contributed by atoms with Gasteiger partial charge in [-0.05, 0) is 60.4 Å². The van der Waals surface area contributed by atoms with E-state index >= 15 is 0 Å². The SMILES string of the molecule is CC1=CC2c3cc4c(cc3[C@@H](c3ccccc3C3C5C=C(C)CN53)N2C=C1)sc1ccccc14. The van der Waals surface area contributed by atoms with Gasteiger partial charge in [-0.1, -0.05) is 65.8 Å². The van der Waals surface area contributed by atoms with E-state index in [1.54, 1.807) is 0 Å². The molecule has 4 unspecified atom stereocenters. The van der Waals surface area contributed by atoms with E-state index in [1.807, 2.05) is 11.3 Å². The number of fused-ring (bicyclic) bond motifs is 7. The molecule has 0 spiro atoms. The van der Waals surface area contributed by atoms with Gasteiger partial charge < -0.3 is 4.90 Å². The molecule has 1 fully saturated rings. The number of hydrogen-bond acceptors (Lipinski definition) is 3. The third-order valence-corrected chi connectivity index (χ3v) is 9.35. The molecule has 34 heavy (non-hydrogen) atoms. The van der Waals surface area contributed by atoms with Gasteiger partial charge in [0.15, 0.2) is 0 Å². The van der Waals surface area contributed by atoms with Crippen molar-refractivity contribution in [3.8, 4) is 0 Å². The molecule has 2 nitrogen and oxygen atoms in total. The Morgan fingerprint density at radius 1 is 0.794 bits per heavy atom. The molecule has 4 aromatic rings. The fraction of sp³-hybridized carbons (Fsp3) is 0.226. The first-order valence-corrected chi connectivity index (χ1v) is 13.1. The summed E-state index contributed by atoms with van der Waals surface area (Å²) >= 11 is 1.93. The number of nitrogens with zero attached hydrogens (tertiary/aromatic N) is 2. The molecule has 0 amide bonds. The van der Waals surface area contributed by atoms with Crippen molar-refractivity contribution in [2.45, 2.75) is 38.0 Å². The van der Waals surface area contributed by atoms with Gasteiger partial charge in [0.1, 0.15) is 0 Å². The number of allylic oxidation sites excluding steroid dienone is 2. The van der Waals surface area contributed by atoms with E-state index < -0.39 is 0 Å². The van der Waals surface area contributed by atoms with Crippen LogP contribution in [0.5, 0.6) is 0 Å². The summed E-state index contributed by atoms with van der Waals surface area (Å²) in [6.45, 7) is 5.60. The molecule has 0 saturated carbocycles. The summed E-state index contributed by atoms with van der Waals surface area (Å²) in [6, 6.07) is 24.7. The van der Waals surface area contributed by atoms with E-state index in [0.29, 0.717) is 18.1 Å². The lowest BCUT2D eigenvalue weighted by atomic mass is 9.90. The van der Waals surface area contributed by atoms with Crippen molar-refractivity contribution < 1.29 is 0 Å². The quantitative estimate of drug-likeness (QED) is 0.225. The van der Waals surface area contributed by atoms with Crippen LogP contribution in [0.4, 0.5) is 0 Å². The lowest BCUT2D eigenvalue weighted by Gasteiger charge is -2.32. The van der Waals surface area contributed by atoms with Crippen LogP contribution in [0.1, 0.15) is 54.2 Å². The van der Waals surface area contributed by atoms with E-state index in [1.165, 1.54) is 53.6 Å². The Morgan fingerprint density at radius 2 is 1.62 bits per heavy atom. The molecule has 3 heteroatoms. The molecule has 4 aliphatic heterocycles. The van der Waals surface area contributed by atoms with Crippen LogP contribution in [0.15, 0.2) is 96.2 Å². The van der Waals surface area contributed by atoms with Gasteiger partial charge in [0.2, 0.25) is 0 Å². The van der Waals surface area contributed by atoms with Gasteiger partial charge >= 0.3 is 0 Å². The van der Waals surface area contributed by atoms with Crippen molar-refractivity contribution in [2.24, 2.45) is 0 Å². The van der Waals surface area contributed by atoms with Gasteiger partial charge in [-0.3, -0.25) is 4.90 Å². The van der Waals surface area contributed by atoms with Crippen molar-refractivity contribution in [3.05, 3.63) is 118 Å². The molecule has 0 N–H and O–H groups in total. The second-order valence-electron chi connectivity index (χ2n) is 10.3. The van der Waals surface area contributed by atoms with Crippen molar-refractivity contribution in [1.29, 1.82) is 0 Å². The second kappa shape index (κ2) is 6.71. The van der Waals surface area contributed by atoms with Crippen LogP contribution in [0.3, 0.4) is 0 Å². The molecule has 3 aromatic carbocycles. The van der Waals surface area contributed by atoms with Crippen LogP contribution in [0.25, 0.3) is 20.2 Å². The van der Waals surface area contributed by atoms with E-state index in [4.69, 9.17) is 0 Å². The first-order chi connectivity index (χ1) is 16.7. The highest BCUT2D eigenvalue weighted by Crippen LogP contribution is 2.55. The molecule has 1 aromatic heterocycles. The van der Waals surface area contributed by atoms with Crippen LogP contribution in [-0.4, -0.2) is 22.4 Å². The normalized spacial score (nSPS) is 28.6. The minimum Gasteiger partial charge on any atom is -0.356 e. The Labute approximate surface area is 204 Å². The Kier molecular flexibility index (Phi) is 3.79. The molecular formula is C31H26N2S. The molecule has 0 bridgehead atoms. The van der Waals surface area contributed by atoms with Crippen LogP contribution in [0.2, 0.25) is 0 Å². The summed E-state index contributed by atoms with van der Waals surface area (Å²) in [4.78, 5) is 5.23. The third-order valence-electron chi connectivity index (χ3n) is 8.22. The van der Waals surface area contributed by atoms with Gasteiger partial charge in [-0.25, -0.2) is 0 Å². The second-order valence-corrected chi connectivity index (χ2v) is 11.4. The van der Waals surface area contributed by atoms with Crippen molar-refractivity contribution in [3.63, 3.8) is 0 Å². The average molecular weight is 459 g/mol. The number of hydrogen-bond donors (Lipinski definition) is 0. The van der Waals surface area contributed by atoms with Gasteiger partial charge in [0.05, 0.1) is 18.1 Å². The number of rotatable bonds is 2. The lowest BCUT2D eigenvalue weighted by Crippen LogP contribution is -2.23. The molecule has 5 heterocycles. The Balaban J connectivity index is 1.34. The topological polar surface area (TPSA) is 6.25 Å². The van der Waals surface area contributed by atoms with E-state index in [9.17, 15) is 0 Å². The van der Waals surface area contributed by atoms with Crippen molar-refractivity contribution in [2.75, 3.05) is 6.54 Å². The van der Waals surface area contributed by atoms with Crippen LogP contribution < -0.4 is 0 Å². The molecule has 0 aliphatic carbocycles. The molecule has 0 radical (unpaired) electrons. The van der Waals surface area contributed by atoms with E-state index in [2.05, 4.69) is 109 Å². The summed E-state index contributed by atoms with van der Waals surface area (Å²) in [5.41, 5.74) is 8.77.